The van der Waals surface area contributed by atoms with Crippen LogP contribution >= 0.6 is 23.1 Å². The number of thioether (sulfide) groups is 1. The van der Waals surface area contributed by atoms with Crippen molar-refractivity contribution < 1.29 is 13.6 Å². The first kappa shape index (κ1) is 17.8. The lowest BCUT2D eigenvalue weighted by molar-refractivity contribution is -0.115. The van der Waals surface area contributed by atoms with Crippen molar-refractivity contribution in [3.63, 3.8) is 0 Å². The van der Waals surface area contributed by atoms with Gasteiger partial charge in [-0.1, -0.05) is 37.3 Å². The molecule has 3 aromatic rings. The maximum Gasteiger partial charge on any atom is 0.230 e. The first-order valence-corrected chi connectivity index (χ1v) is 9.41. The lowest BCUT2D eigenvalue weighted by Gasteiger charge is -2.06. The summed E-state index contributed by atoms with van der Waals surface area (Å²) in [5, 5.41) is 3.41. The maximum atomic E-state index is 13.7. The number of carbonyl (C=O) groups is 1. The molecule has 0 radical (unpaired) electrons. The molecule has 7 heteroatoms. The van der Waals surface area contributed by atoms with Crippen LogP contribution in [0.2, 0.25) is 0 Å². The standard InChI is InChI=1S/C18H16F2N2OS2/c1-10(2)24-13-5-3-11(4-6-13)7-16(23)21-18-22-17-14(20)8-12(19)9-15(17)25-18/h3-6,8-10H,7H2,1-2H3,(H,21,22,23). The van der Waals surface area contributed by atoms with Crippen LogP contribution in [0.3, 0.4) is 0 Å². The molecule has 0 saturated carbocycles. The number of carbonyl (C=O) groups excluding carboxylic acids is 1. The highest BCUT2D eigenvalue weighted by atomic mass is 32.2. The first-order chi connectivity index (χ1) is 11.9. The second-order valence-corrected chi connectivity index (χ2v) is 8.47. The van der Waals surface area contributed by atoms with Crippen molar-refractivity contribution in [3.8, 4) is 0 Å². The highest BCUT2D eigenvalue weighted by Gasteiger charge is 2.13. The SMILES string of the molecule is CC(C)Sc1ccc(CC(=O)Nc2nc3c(F)cc(F)cc3s2)cc1. The number of rotatable bonds is 5. The zero-order chi connectivity index (χ0) is 18.0. The number of nitrogens with one attached hydrogen (secondary N) is 1. The van der Waals surface area contributed by atoms with E-state index in [-0.39, 0.29) is 23.0 Å². The van der Waals surface area contributed by atoms with E-state index in [1.165, 1.54) is 6.07 Å². The van der Waals surface area contributed by atoms with Crippen molar-refractivity contribution in [1.82, 2.24) is 4.98 Å². The van der Waals surface area contributed by atoms with Gasteiger partial charge in [0.15, 0.2) is 10.9 Å². The van der Waals surface area contributed by atoms with Gasteiger partial charge in [-0.3, -0.25) is 4.79 Å². The van der Waals surface area contributed by atoms with E-state index in [4.69, 9.17) is 0 Å². The van der Waals surface area contributed by atoms with Gasteiger partial charge >= 0.3 is 0 Å². The molecular weight excluding hydrogens is 362 g/mol. The summed E-state index contributed by atoms with van der Waals surface area (Å²) in [5.41, 5.74) is 0.945. The molecule has 0 spiro atoms. The van der Waals surface area contributed by atoms with Crippen molar-refractivity contribution in [2.24, 2.45) is 0 Å². The molecule has 2 aromatic carbocycles. The number of anilines is 1. The summed E-state index contributed by atoms with van der Waals surface area (Å²) < 4.78 is 27.2. The topological polar surface area (TPSA) is 42.0 Å². The van der Waals surface area contributed by atoms with Gasteiger partial charge in [0.25, 0.3) is 0 Å². The average Bonchev–Trinajstić information content (AvgIpc) is 2.91. The van der Waals surface area contributed by atoms with E-state index in [0.29, 0.717) is 9.95 Å². The Morgan fingerprint density at radius 3 is 2.64 bits per heavy atom. The van der Waals surface area contributed by atoms with Gasteiger partial charge in [0.2, 0.25) is 5.91 Å². The monoisotopic (exact) mass is 378 g/mol. The second-order valence-electron chi connectivity index (χ2n) is 5.79. The third-order valence-electron chi connectivity index (χ3n) is 3.32. The highest BCUT2D eigenvalue weighted by molar-refractivity contribution is 7.99. The first-order valence-electron chi connectivity index (χ1n) is 7.72. The van der Waals surface area contributed by atoms with Crippen molar-refractivity contribution in [1.29, 1.82) is 0 Å². The Hall–Kier alpha value is -1.99. The summed E-state index contributed by atoms with van der Waals surface area (Å²) in [6.07, 6.45) is 0.194. The van der Waals surface area contributed by atoms with E-state index in [9.17, 15) is 13.6 Å². The number of halogens is 2. The van der Waals surface area contributed by atoms with Gasteiger partial charge in [-0.2, -0.15) is 0 Å². The Labute approximate surface area is 152 Å². The number of amides is 1. The van der Waals surface area contributed by atoms with E-state index in [0.717, 1.165) is 27.9 Å². The minimum absolute atomic E-state index is 0.0664. The van der Waals surface area contributed by atoms with Crippen molar-refractivity contribution in [2.45, 2.75) is 30.4 Å². The fourth-order valence-electron chi connectivity index (χ4n) is 2.32. The van der Waals surface area contributed by atoms with Crippen molar-refractivity contribution in [2.75, 3.05) is 5.32 Å². The van der Waals surface area contributed by atoms with Gasteiger partial charge in [-0.05, 0) is 23.8 Å². The molecule has 1 heterocycles. The molecule has 25 heavy (non-hydrogen) atoms. The smallest absolute Gasteiger partial charge is 0.230 e. The molecule has 0 saturated heterocycles. The van der Waals surface area contributed by atoms with Gasteiger partial charge in [0, 0.05) is 16.2 Å². The minimum Gasteiger partial charge on any atom is -0.302 e. The van der Waals surface area contributed by atoms with Crippen LogP contribution < -0.4 is 5.32 Å². The summed E-state index contributed by atoms with van der Waals surface area (Å²) in [5.74, 6) is -1.64. The molecule has 0 aliphatic carbocycles. The molecule has 1 N–H and O–H groups in total. The summed E-state index contributed by atoms with van der Waals surface area (Å²) in [6, 6.07) is 9.79. The van der Waals surface area contributed by atoms with Gasteiger partial charge in [0.1, 0.15) is 11.3 Å². The van der Waals surface area contributed by atoms with E-state index >= 15 is 0 Å². The van der Waals surface area contributed by atoms with Crippen LogP contribution in [0.1, 0.15) is 19.4 Å². The zero-order valence-electron chi connectivity index (χ0n) is 13.7. The lowest BCUT2D eigenvalue weighted by atomic mass is 10.1. The quantitative estimate of drug-likeness (QED) is 0.616. The van der Waals surface area contributed by atoms with Gasteiger partial charge in [-0.15, -0.1) is 11.8 Å². The number of fused-ring (bicyclic) bond motifs is 1. The number of hydrogen-bond acceptors (Lipinski definition) is 4. The van der Waals surface area contributed by atoms with Gasteiger partial charge in [-0.25, -0.2) is 13.8 Å². The Bertz CT molecular complexity index is 907. The predicted octanol–water partition coefficient (Wildman–Crippen LogP) is 5.26. The fraction of sp³-hybridized carbons (Fsp3) is 0.222. The largest absolute Gasteiger partial charge is 0.302 e. The van der Waals surface area contributed by atoms with Crippen LogP contribution in [0.4, 0.5) is 13.9 Å². The number of benzene rings is 2. The molecule has 0 aliphatic heterocycles. The Kier molecular flexibility index (Phi) is 5.34. The summed E-state index contributed by atoms with van der Waals surface area (Å²) in [4.78, 5) is 17.3. The Morgan fingerprint density at radius 1 is 1.24 bits per heavy atom. The third kappa shape index (κ3) is 4.55. The number of aromatic nitrogens is 1. The van der Waals surface area contributed by atoms with E-state index in [1.54, 1.807) is 11.8 Å². The molecular formula is C18H16F2N2OS2. The molecule has 0 aliphatic rings. The molecule has 0 unspecified atom stereocenters. The molecule has 0 bridgehead atoms. The summed E-state index contributed by atoms with van der Waals surface area (Å²) >= 11 is 2.81. The Balaban J connectivity index is 1.67. The normalized spacial score (nSPS) is 11.2. The zero-order valence-corrected chi connectivity index (χ0v) is 15.3. The van der Waals surface area contributed by atoms with Crippen LogP contribution in [0.25, 0.3) is 10.2 Å². The molecule has 3 nitrogen and oxygen atoms in total. The van der Waals surface area contributed by atoms with E-state index in [2.05, 4.69) is 24.1 Å². The molecule has 1 amide bonds. The van der Waals surface area contributed by atoms with Crippen molar-refractivity contribution >= 4 is 44.4 Å². The lowest BCUT2D eigenvalue weighted by Crippen LogP contribution is -2.14. The second kappa shape index (κ2) is 7.49. The molecule has 0 fully saturated rings. The van der Waals surface area contributed by atoms with Gasteiger partial charge < -0.3 is 5.32 Å². The maximum absolute atomic E-state index is 13.7. The van der Waals surface area contributed by atoms with Crippen LogP contribution in [0.15, 0.2) is 41.3 Å². The summed E-state index contributed by atoms with van der Waals surface area (Å²) in [7, 11) is 0. The predicted molar refractivity (Wildman–Crippen MR) is 99.3 cm³/mol. The third-order valence-corrected chi connectivity index (χ3v) is 5.25. The molecule has 3 rings (SSSR count). The van der Waals surface area contributed by atoms with Crippen molar-refractivity contribution in [3.05, 3.63) is 53.6 Å². The highest BCUT2D eigenvalue weighted by Crippen LogP contribution is 2.29. The van der Waals surface area contributed by atoms with E-state index < -0.39 is 11.6 Å². The van der Waals surface area contributed by atoms with Gasteiger partial charge in [0.05, 0.1) is 11.1 Å². The van der Waals surface area contributed by atoms with Crippen LogP contribution in [0, 0.1) is 11.6 Å². The minimum atomic E-state index is -0.731. The summed E-state index contributed by atoms with van der Waals surface area (Å²) in [6.45, 7) is 4.25. The van der Waals surface area contributed by atoms with Crippen LogP contribution in [-0.2, 0) is 11.2 Å². The average molecular weight is 378 g/mol. The Morgan fingerprint density at radius 2 is 1.96 bits per heavy atom. The number of thiazole rings is 1. The molecule has 1 aromatic heterocycles. The number of nitrogens with zero attached hydrogens (tertiary/aromatic N) is 1. The number of hydrogen-bond donors (Lipinski definition) is 1. The molecule has 130 valence electrons. The fourth-order valence-corrected chi connectivity index (χ4v) is 4.08. The van der Waals surface area contributed by atoms with Crippen LogP contribution in [-0.4, -0.2) is 16.1 Å². The van der Waals surface area contributed by atoms with E-state index in [1.807, 2.05) is 24.3 Å². The van der Waals surface area contributed by atoms with Crippen LogP contribution in [0.5, 0.6) is 0 Å². The molecule has 0 atom stereocenters.